The number of nitrogen functional groups attached to an aromatic ring is 1. The van der Waals surface area contributed by atoms with Crippen molar-refractivity contribution in [1.29, 1.82) is 0 Å². The van der Waals surface area contributed by atoms with Crippen LogP contribution >= 0.6 is 0 Å². The van der Waals surface area contributed by atoms with Crippen molar-refractivity contribution < 1.29 is 14.6 Å². The van der Waals surface area contributed by atoms with Gasteiger partial charge in [0.15, 0.2) is 0 Å². The van der Waals surface area contributed by atoms with Crippen molar-refractivity contribution in [3.8, 4) is 11.1 Å². The van der Waals surface area contributed by atoms with Crippen LogP contribution in [-0.4, -0.2) is 40.3 Å². The highest BCUT2D eigenvalue weighted by Gasteiger charge is 2.30. The number of amides is 1. The van der Waals surface area contributed by atoms with Crippen molar-refractivity contribution in [3.63, 3.8) is 0 Å². The van der Waals surface area contributed by atoms with Gasteiger partial charge in [-0.2, -0.15) is 0 Å². The molecule has 0 saturated carbocycles. The van der Waals surface area contributed by atoms with E-state index >= 15 is 0 Å². The minimum Gasteiger partial charge on any atom is -0.446 e. The maximum absolute atomic E-state index is 12.3. The van der Waals surface area contributed by atoms with Crippen LogP contribution in [-0.2, 0) is 4.74 Å². The zero-order valence-electron chi connectivity index (χ0n) is 15.0. The highest BCUT2D eigenvalue weighted by atomic mass is 16.6. The van der Waals surface area contributed by atoms with Gasteiger partial charge in [-0.15, -0.1) is 0 Å². The third-order valence-corrected chi connectivity index (χ3v) is 4.86. The van der Waals surface area contributed by atoms with Gasteiger partial charge in [0.1, 0.15) is 11.9 Å². The van der Waals surface area contributed by atoms with E-state index in [1.165, 1.54) is 0 Å². The predicted octanol–water partition coefficient (Wildman–Crippen LogP) is 3.38. The molecule has 3 rings (SSSR count). The fourth-order valence-corrected chi connectivity index (χ4v) is 3.23. The van der Waals surface area contributed by atoms with E-state index in [1.807, 2.05) is 37.3 Å². The average molecular weight is 355 g/mol. The standard InChI is InChI=1S/C20H25N3O3/c1-14(23-11-10-18(3-2-12-24)26-20(23)25)15-4-6-16(7-5-15)17-8-9-19(21)22-13-17/h4-9,13-14,18,24H,2-3,10-12H2,1H3,(H2,21,22). The fourth-order valence-electron chi connectivity index (χ4n) is 3.23. The topological polar surface area (TPSA) is 88.7 Å². The molecule has 1 aromatic carbocycles. The Bertz CT molecular complexity index is 731. The lowest BCUT2D eigenvalue weighted by molar-refractivity contribution is 0.00760. The number of anilines is 1. The smallest absolute Gasteiger partial charge is 0.410 e. The zero-order valence-corrected chi connectivity index (χ0v) is 15.0. The lowest BCUT2D eigenvalue weighted by Crippen LogP contribution is -2.43. The van der Waals surface area contributed by atoms with E-state index < -0.39 is 0 Å². The second-order valence-electron chi connectivity index (χ2n) is 6.62. The van der Waals surface area contributed by atoms with Gasteiger partial charge in [0.2, 0.25) is 0 Å². The second kappa shape index (κ2) is 8.19. The molecule has 0 spiro atoms. The van der Waals surface area contributed by atoms with E-state index in [2.05, 4.69) is 4.98 Å². The summed E-state index contributed by atoms with van der Waals surface area (Å²) in [5.41, 5.74) is 8.74. The molecule has 1 aliphatic rings. The van der Waals surface area contributed by atoms with Gasteiger partial charge >= 0.3 is 6.09 Å². The van der Waals surface area contributed by atoms with Gasteiger partial charge in [0.05, 0.1) is 6.04 Å². The lowest BCUT2D eigenvalue weighted by Gasteiger charge is -2.35. The zero-order chi connectivity index (χ0) is 18.5. The number of cyclic esters (lactones) is 1. The third-order valence-electron chi connectivity index (χ3n) is 4.86. The van der Waals surface area contributed by atoms with Gasteiger partial charge in [-0.05, 0) is 43.0 Å². The maximum atomic E-state index is 12.3. The number of rotatable bonds is 6. The maximum Gasteiger partial charge on any atom is 0.410 e. The minimum atomic E-state index is -0.279. The highest BCUT2D eigenvalue weighted by Crippen LogP contribution is 2.28. The molecule has 1 amide bonds. The van der Waals surface area contributed by atoms with Crippen LogP contribution in [0, 0.1) is 0 Å². The number of carbonyl (C=O) groups is 1. The van der Waals surface area contributed by atoms with E-state index in [0.717, 1.165) is 29.5 Å². The molecule has 1 aromatic heterocycles. The van der Waals surface area contributed by atoms with Gasteiger partial charge in [0, 0.05) is 31.3 Å². The molecule has 1 aliphatic heterocycles. The summed E-state index contributed by atoms with van der Waals surface area (Å²) in [5, 5.41) is 8.91. The molecule has 3 N–H and O–H groups in total. The number of ether oxygens (including phenoxy) is 1. The van der Waals surface area contributed by atoms with Gasteiger partial charge < -0.3 is 20.5 Å². The summed E-state index contributed by atoms with van der Waals surface area (Å²) < 4.78 is 5.50. The number of benzene rings is 1. The van der Waals surface area contributed by atoms with Crippen LogP contribution < -0.4 is 5.73 Å². The number of hydrogen-bond acceptors (Lipinski definition) is 5. The van der Waals surface area contributed by atoms with Gasteiger partial charge in [-0.25, -0.2) is 9.78 Å². The molecule has 0 bridgehead atoms. The molecule has 1 fully saturated rings. The number of pyridine rings is 1. The Hall–Kier alpha value is -2.60. The molecule has 6 heteroatoms. The first-order valence-electron chi connectivity index (χ1n) is 8.98. The van der Waals surface area contributed by atoms with Crippen molar-refractivity contribution in [2.24, 2.45) is 0 Å². The van der Waals surface area contributed by atoms with E-state index in [-0.39, 0.29) is 24.8 Å². The van der Waals surface area contributed by atoms with Crippen LogP contribution in [0.5, 0.6) is 0 Å². The minimum absolute atomic E-state index is 0.0557. The summed E-state index contributed by atoms with van der Waals surface area (Å²) >= 11 is 0. The molecule has 6 nitrogen and oxygen atoms in total. The first-order chi connectivity index (χ1) is 12.6. The van der Waals surface area contributed by atoms with Crippen molar-refractivity contribution in [3.05, 3.63) is 48.2 Å². The van der Waals surface area contributed by atoms with Gasteiger partial charge in [0.25, 0.3) is 0 Å². The van der Waals surface area contributed by atoms with E-state index in [0.29, 0.717) is 18.8 Å². The van der Waals surface area contributed by atoms with Crippen LogP contribution in [0.4, 0.5) is 10.6 Å². The second-order valence-corrected chi connectivity index (χ2v) is 6.62. The van der Waals surface area contributed by atoms with Crippen LogP contribution in [0.25, 0.3) is 11.1 Å². The molecule has 0 radical (unpaired) electrons. The predicted molar refractivity (Wildman–Crippen MR) is 100 cm³/mol. The van der Waals surface area contributed by atoms with Gasteiger partial charge in [-0.1, -0.05) is 24.3 Å². The highest BCUT2D eigenvalue weighted by molar-refractivity contribution is 5.69. The Morgan fingerprint density at radius 1 is 1.27 bits per heavy atom. The molecular formula is C20H25N3O3. The summed E-state index contributed by atoms with van der Waals surface area (Å²) in [6, 6.07) is 11.8. The lowest BCUT2D eigenvalue weighted by atomic mass is 10.0. The molecule has 2 atom stereocenters. The summed E-state index contributed by atoms with van der Waals surface area (Å²) in [7, 11) is 0. The number of nitrogens with two attached hydrogens (primary N) is 1. The van der Waals surface area contributed by atoms with Crippen molar-refractivity contribution in [1.82, 2.24) is 9.88 Å². The number of hydrogen-bond donors (Lipinski definition) is 2. The fraction of sp³-hybridized carbons (Fsp3) is 0.400. The Labute approximate surface area is 153 Å². The van der Waals surface area contributed by atoms with Crippen LogP contribution in [0.2, 0.25) is 0 Å². The largest absolute Gasteiger partial charge is 0.446 e. The Kier molecular flexibility index (Phi) is 5.73. The van der Waals surface area contributed by atoms with E-state index in [1.54, 1.807) is 17.2 Å². The Morgan fingerprint density at radius 2 is 2.00 bits per heavy atom. The summed E-state index contributed by atoms with van der Waals surface area (Å²) in [6.45, 7) is 2.80. The normalized spacial score (nSPS) is 18.5. The summed E-state index contributed by atoms with van der Waals surface area (Å²) in [5.74, 6) is 0.500. The number of aromatic nitrogens is 1. The molecular weight excluding hydrogens is 330 g/mol. The number of carbonyl (C=O) groups excluding carboxylic acids is 1. The summed E-state index contributed by atoms with van der Waals surface area (Å²) in [6.07, 6.45) is 3.56. The van der Waals surface area contributed by atoms with Crippen molar-refractivity contribution in [2.45, 2.75) is 38.3 Å². The monoisotopic (exact) mass is 355 g/mol. The van der Waals surface area contributed by atoms with E-state index in [4.69, 9.17) is 15.6 Å². The number of aliphatic hydroxyl groups is 1. The molecule has 138 valence electrons. The molecule has 0 aliphatic carbocycles. The van der Waals surface area contributed by atoms with Crippen molar-refractivity contribution in [2.75, 3.05) is 18.9 Å². The molecule has 2 heterocycles. The SMILES string of the molecule is CC(c1ccc(-c2ccc(N)nc2)cc1)N1CCC(CCCO)OC1=O. The quantitative estimate of drug-likeness (QED) is 0.829. The average Bonchev–Trinajstić information content (AvgIpc) is 2.67. The molecule has 1 saturated heterocycles. The van der Waals surface area contributed by atoms with Gasteiger partial charge in [-0.3, -0.25) is 0 Å². The molecule has 2 aromatic rings. The summed E-state index contributed by atoms with van der Waals surface area (Å²) in [4.78, 5) is 18.2. The first kappa shape index (κ1) is 18.2. The number of aliphatic hydroxyl groups excluding tert-OH is 1. The first-order valence-corrected chi connectivity index (χ1v) is 8.98. The number of nitrogens with zero attached hydrogens (tertiary/aromatic N) is 2. The molecule has 26 heavy (non-hydrogen) atoms. The third kappa shape index (κ3) is 4.14. The van der Waals surface area contributed by atoms with Crippen molar-refractivity contribution >= 4 is 11.9 Å². The van der Waals surface area contributed by atoms with Crippen LogP contribution in [0.15, 0.2) is 42.6 Å². The molecule has 2 unspecified atom stereocenters. The van der Waals surface area contributed by atoms with Crippen LogP contribution in [0.3, 0.4) is 0 Å². The van der Waals surface area contributed by atoms with E-state index in [9.17, 15) is 4.79 Å². The Balaban J connectivity index is 1.65. The Morgan fingerprint density at radius 3 is 2.62 bits per heavy atom. The van der Waals surface area contributed by atoms with Crippen LogP contribution in [0.1, 0.15) is 37.8 Å².